The molecular formula is C10H7NO. The van der Waals surface area contributed by atoms with Crippen molar-refractivity contribution in [1.82, 2.24) is 0 Å². The second kappa shape index (κ2) is 2.71. The third-order valence-corrected chi connectivity index (χ3v) is 1.83. The molecule has 1 aliphatic rings. The Morgan fingerprint density at radius 3 is 3.17 bits per heavy atom. The number of benzene rings is 1. The van der Waals surface area contributed by atoms with Crippen molar-refractivity contribution in [1.29, 1.82) is 5.26 Å². The summed E-state index contributed by atoms with van der Waals surface area (Å²) in [6, 6.07) is 7.57. The molecule has 0 bridgehead atoms. The van der Waals surface area contributed by atoms with Crippen molar-refractivity contribution >= 4 is 0 Å². The largest absolute Gasteiger partial charge is 0.465 e. The molecule has 12 heavy (non-hydrogen) atoms. The maximum atomic E-state index is 8.62. The molecular weight excluding hydrogens is 150 g/mol. The summed E-state index contributed by atoms with van der Waals surface area (Å²) in [6.07, 6.45) is 4.50. The van der Waals surface area contributed by atoms with Gasteiger partial charge in [-0.25, -0.2) is 0 Å². The lowest BCUT2D eigenvalue weighted by Gasteiger charge is -2.10. The maximum Gasteiger partial charge on any atom is 0.131 e. The molecule has 2 nitrogen and oxygen atoms in total. The summed E-state index contributed by atoms with van der Waals surface area (Å²) in [5, 5.41) is 8.62. The van der Waals surface area contributed by atoms with Crippen LogP contribution in [0.1, 0.15) is 11.1 Å². The zero-order valence-electron chi connectivity index (χ0n) is 6.45. The van der Waals surface area contributed by atoms with Gasteiger partial charge in [0.1, 0.15) is 5.75 Å². The van der Waals surface area contributed by atoms with Gasteiger partial charge in [0.25, 0.3) is 0 Å². The number of allylic oxidation sites excluding steroid dienone is 1. The van der Waals surface area contributed by atoms with Crippen LogP contribution in [-0.2, 0) is 6.42 Å². The zero-order valence-corrected chi connectivity index (χ0v) is 6.45. The smallest absolute Gasteiger partial charge is 0.131 e. The van der Waals surface area contributed by atoms with Gasteiger partial charge in [0.15, 0.2) is 0 Å². The van der Waals surface area contributed by atoms with E-state index in [-0.39, 0.29) is 0 Å². The van der Waals surface area contributed by atoms with Crippen molar-refractivity contribution in [2.24, 2.45) is 0 Å². The summed E-state index contributed by atoms with van der Waals surface area (Å²) in [6.45, 7) is 0. The van der Waals surface area contributed by atoms with E-state index < -0.39 is 0 Å². The first-order valence-electron chi connectivity index (χ1n) is 3.75. The highest BCUT2D eigenvalue weighted by atomic mass is 16.5. The highest BCUT2D eigenvalue weighted by Gasteiger charge is 2.06. The molecule has 0 amide bonds. The molecule has 1 aromatic rings. The number of nitriles is 1. The van der Waals surface area contributed by atoms with Crippen molar-refractivity contribution < 1.29 is 4.74 Å². The topological polar surface area (TPSA) is 33.0 Å². The SMILES string of the molecule is N#Cc1ccc2c(c1)OC=CC2. The number of hydrogen-bond donors (Lipinski definition) is 0. The molecule has 0 aromatic heterocycles. The van der Waals surface area contributed by atoms with Crippen LogP contribution in [0.3, 0.4) is 0 Å². The normalized spacial score (nSPS) is 12.9. The molecule has 0 N–H and O–H groups in total. The first-order chi connectivity index (χ1) is 5.90. The summed E-state index contributed by atoms with van der Waals surface area (Å²) >= 11 is 0. The summed E-state index contributed by atoms with van der Waals surface area (Å²) in [7, 11) is 0. The summed E-state index contributed by atoms with van der Waals surface area (Å²) in [5.41, 5.74) is 1.78. The number of rotatable bonds is 0. The second-order valence-electron chi connectivity index (χ2n) is 2.63. The molecule has 1 aromatic carbocycles. The Labute approximate surface area is 70.7 Å². The summed E-state index contributed by atoms with van der Waals surface area (Å²) in [4.78, 5) is 0. The van der Waals surface area contributed by atoms with Crippen LogP contribution in [0.2, 0.25) is 0 Å². The molecule has 1 heterocycles. The van der Waals surface area contributed by atoms with Crippen LogP contribution in [0, 0.1) is 11.3 Å². The van der Waals surface area contributed by atoms with Gasteiger partial charge >= 0.3 is 0 Å². The van der Waals surface area contributed by atoms with Crippen LogP contribution >= 0.6 is 0 Å². The Kier molecular flexibility index (Phi) is 1.56. The van der Waals surface area contributed by atoms with Gasteiger partial charge in [0.05, 0.1) is 17.9 Å². The zero-order chi connectivity index (χ0) is 8.39. The van der Waals surface area contributed by atoms with Gasteiger partial charge in [-0.3, -0.25) is 0 Å². The molecule has 0 atom stereocenters. The first kappa shape index (κ1) is 6.93. The van der Waals surface area contributed by atoms with E-state index in [0.717, 1.165) is 17.7 Å². The molecule has 1 aliphatic heterocycles. The quantitative estimate of drug-likeness (QED) is 0.577. The van der Waals surface area contributed by atoms with Crippen LogP contribution in [0.25, 0.3) is 0 Å². The molecule has 0 radical (unpaired) electrons. The molecule has 0 saturated heterocycles. The van der Waals surface area contributed by atoms with E-state index in [9.17, 15) is 0 Å². The summed E-state index contributed by atoms with van der Waals surface area (Å²) < 4.78 is 5.23. The van der Waals surface area contributed by atoms with Gasteiger partial charge in [-0.15, -0.1) is 0 Å². The lowest BCUT2D eigenvalue weighted by molar-refractivity contribution is 0.464. The second-order valence-corrected chi connectivity index (χ2v) is 2.63. The number of nitrogens with zero attached hydrogens (tertiary/aromatic N) is 1. The van der Waals surface area contributed by atoms with Crippen LogP contribution in [-0.4, -0.2) is 0 Å². The minimum absolute atomic E-state index is 0.643. The van der Waals surface area contributed by atoms with E-state index in [1.54, 1.807) is 18.4 Å². The number of fused-ring (bicyclic) bond motifs is 1. The molecule has 2 rings (SSSR count). The lowest BCUT2D eigenvalue weighted by Crippen LogP contribution is -1.96. The number of hydrogen-bond acceptors (Lipinski definition) is 2. The Balaban J connectivity index is 2.48. The van der Waals surface area contributed by atoms with Gasteiger partial charge in [-0.05, 0) is 30.2 Å². The van der Waals surface area contributed by atoms with Gasteiger partial charge in [-0.1, -0.05) is 6.07 Å². The van der Waals surface area contributed by atoms with Gasteiger partial charge in [0.2, 0.25) is 0 Å². The first-order valence-corrected chi connectivity index (χ1v) is 3.75. The molecule has 0 spiro atoms. The lowest BCUT2D eigenvalue weighted by atomic mass is 10.1. The monoisotopic (exact) mass is 157 g/mol. The third kappa shape index (κ3) is 1.06. The van der Waals surface area contributed by atoms with E-state index in [1.807, 2.05) is 12.1 Å². The van der Waals surface area contributed by atoms with Crippen LogP contribution in [0.4, 0.5) is 0 Å². The predicted molar refractivity (Wildman–Crippen MR) is 44.6 cm³/mol. The average molecular weight is 157 g/mol. The van der Waals surface area contributed by atoms with Gasteiger partial charge in [-0.2, -0.15) is 5.26 Å². The van der Waals surface area contributed by atoms with Crippen LogP contribution < -0.4 is 4.74 Å². The van der Waals surface area contributed by atoms with Gasteiger partial charge in [0, 0.05) is 0 Å². The van der Waals surface area contributed by atoms with E-state index in [2.05, 4.69) is 6.07 Å². The molecule has 0 aliphatic carbocycles. The molecule has 0 saturated carbocycles. The molecule has 58 valence electrons. The van der Waals surface area contributed by atoms with E-state index in [4.69, 9.17) is 10.00 Å². The van der Waals surface area contributed by atoms with E-state index >= 15 is 0 Å². The highest BCUT2D eigenvalue weighted by molar-refractivity contribution is 5.44. The minimum atomic E-state index is 0.643. The van der Waals surface area contributed by atoms with Crippen LogP contribution in [0.5, 0.6) is 5.75 Å². The highest BCUT2D eigenvalue weighted by Crippen LogP contribution is 2.24. The maximum absolute atomic E-state index is 8.62. The van der Waals surface area contributed by atoms with Crippen molar-refractivity contribution in [3.8, 4) is 11.8 Å². The van der Waals surface area contributed by atoms with E-state index in [0.29, 0.717) is 5.56 Å². The standard InChI is InChI=1S/C10H7NO/c11-7-8-3-4-9-2-1-5-12-10(9)6-8/h1,3-6H,2H2. The molecule has 0 unspecified atom stereocenters. The average Bonchev–Trinajstić information content (AvgIpc) is 2.17. The van der Waals surface area contributed by atoms with Crippen molar-refractivity contribution in [3.05, 3.63) is 41.7 Å². The molecule has 0 fully saturated rings. The van der Waals surface area contributed by atoms with Crippen molar-refractivity contribution in [2.75, 3.05) is 0 Å². The van der Waals surface area contributed by atoms with Gasteiger partial charge < -0.3 is 4.74 Å². The third-order valence-electron chi connectivity index (χ3n) is 1.83. The molecule has 2 heteroatoms. The van der Waals surface area contributed by atoms with Crippen LogP contribution in [0.15, 0.2) is 30.5 Å². The fourth-order valence-electron chi connectivity index (χ4n) is 1.20. The fraction of sp³-hybridized carbons (Fsp3) is 0.100. The van der Waals surface area contributed by atoms with Crippen molar-refractivity contribution in [2.45, 2.75) is 6.42 Å². The number of ether oxygens (including phenoxy) is 1. The van der Waals surface area contributed by atoms with E-state index in [1.165, 1.54) is 0 Å². The Morgan fingerprint density at radius 2 is 2.33 bits per heavy atom. The van der Waals surface area contributed by atoms with Crippen molar-refractivity contribution in [3.63, 3.8) is 0 Å². The Hall–Kier alpha value is -1.75. The summed E-state index contributed by atoms with van der Waals surface area (Å²) in [5.74, 6) is 0.802. The predicted octanol–water partition coefficient (Wildman–Crippen LogP) is 2.01. The Morgan fingerprint density at radius 1 is 1.42 bits per heavy atom. The minimum Gasteiger partial charge on any atom is -0.465 e. The Bertz CT molecular complexity index is 374. The fourth-order valence-corrected chi connectivity index (χ4v) is 1.20.